The molecule has 2 bridgehead atoms. The summed E-state index contributed by atoms with van der Waals surface area (Å²) < 4.78 is 0. The third kappa shape index (κ3) is 3.76. The van der Waals surface area contributed by atoms with E-state index in [0.717, 1.165) is 38.8 Å². The predicted molar refractivity (Wildman–Crippen MR) is 79.8 cm³/mol. The molecule has 3 atom stereocenters. The van der Waals surface area contributed by atoms with Crippen LogP contribution in [0.2, 0.25) is 0 Å². The highest BCUT2D eigenvalue weighted by atomic mass is 35.5. The number of primary amides is 1. The Bertz CT molecular complexity index is 339. The number of urea groups is 1. The van der Waals surface area contributed by atoms with Gasteiger partial charge in [0.1, 0.15) is 6.04 Å². The molecule has 4 N–H and O–H groups in total. The van der Waals surface area contributed by atoms with Gasteiger partial charge >= 0.3 is 6.03 Å². The number of fused-ring (bicyclic) bond motifs is 2. The highest BCUT2D eigenvalue weighted by Gasteiger charge is 2.40. The van der Waals surface area contributed by atoms with Crippen LogP contribution in [-0.4, -0.2) is 48.1 Å². The van der Waals surface area contributed by atoms with Crippen molar-refractivity contribution in [3.63, 3.8) is 0 Å². The number of hydrogen-bond donors (Lipinski definition) is 3. The lowest BCUT2D eigenvalue weighted by molar-refractivity contribution is -0.136. The summed E-state index contributed by atoms with van der Waals surface area (Å²) in [6.07, 6.45) is 4.62. The fourth-order valence-electron chi connectivity index (χ4n) is 3.24. The standard InChI is InChI=1S/C13H24N4O2.ClH/c1-2-3-11(16-13(14)19)12(18)17-9-4-5-10(17)8-15-7-6-9;/h9-11,15H,2-8H2,1H3,(H3,14,16,19);1H/t9?,10?,11-;/m1./s1. The number of rotatable bonds is 4. The maximum absolute atomic E-state index is 12.7. The molecule has 7 heteroatoms. The maximum Gasteiger partial charge on any atom is 0.312 e. The van der Waals surface area contributed by atoms with Gasteiger partial charge in [-0.15, -0.1) is 12.4 Å². The number of nitrogens with two attached hydrogens (primary N) is 1. The number of halogens is 1. The van der Waals surface area contributed by atoms with Gasteiger partial charge < -0.3 is 21.3 Å². The lowest BCUT2D eigenvalue weighted by atomic mass is 10.1. The molecule has 0 aromatic rings. The summed E-state index contributed by atoms with van der Waals surface area (Å²) in [5.41, 5.74) is 5.17. The predicted octanol–water partition coefficient (Wildman–Crippen LogP) is 0.598. The van der Waals surface area contributed by atoms with E-state index >= 15 is 0 Å². The van der Waals surface area contributed by atoms with Crippen LogP contribution in [0.25, 0.3) is 0 Å². The van der Waals surface area contributed by atoms with Crippen molar-refractivity contribution in [3.8, 4) is 0 Å². The average molecular weight is 305 g/mol. The van der Waals surface area contributed by atoms with Gasteiger partial charge in [-0.25, -0.2) is 4.79 Å². The zero-order chi connectivity index (χ0) is 13.8. The first-order valence-electron chi connectivity index (χ1n) is 7.22. The van der Waals surface area contributed by atoms with Crippen LogP contribution in [0.5, 0.6) is 0 Å². The monoisotopic (exact) mass is 304 g/mol. The van der Waals surface area contributed by atoms with Crippen molar-refractivity contribution >= 4 is 24.3 Å². The number of nitrogens with zero attached hydrogens (tertiary/aromatic N) is 1. The van der Waals surface area contributed by atoms with E-state index in [4.69, 9.17) is 5.73 Å². The number of carbonyl (C=O) groups excluding carboxylic acids is 2. The third-order valence-electron chi connectivity index (χ3n) is 4.10. The summed E-state index contributed by atoms with van der Waals surface area (Å²) >= 11 is 0. The molecule has 2 heterocycles. The second kappa shape index (κ2) is 7.69. The quantitative estimate of drug-likeness (QED) is 0.710. The molecular weight excluding hydrogens is 280 g/mol. The summed E-state index contributed by atoms with van der Waals surface area (Å²) in [5.74, 6) is 0.0388. The van der Waals surface area contributed by atoms with Gasteiger partial charge in [-0.2, -0.15) is 0 Å². The molecule has 2 fully saturated rings. The molecule has 0 saturated carbocycles. The van der Waals surface area contributed by atoms with Crippen LogP contribution in [-0.2, 0) is 4.79 Å². The Labute approximate surface area is 126 Å². The van der Waals surface area contributed by atoms with Crippen LogP contribution in [0.4, 0.5) is 4.79 Å². The van der Waals surface area contributed by atoms with Crippen LogP contribution in [0, 0.1) is 0 Å². The van der Waals surface area contributed by atoms with Crippen molar-refractivity contribution in [2.24, 2.45) is 5.73 Å². The Morgan fingerprint density at radius 2 is 2.05 bits per heavy atom. The molecule has 0 spiro atoms. The summed E-state index contributed by atoms with van der Waals surface area (Å²) in [5, 5.41) is 5.96. The van der Waals surface area contributed by atoms with E-state index in [1.165, 1.54) is 0 Å². The van der Waals surface area contributed by atoms with Crippen molar-refractivity contribution < 1.29 is 9.59 Å². The highest BCUT2D eigenvalue weighted by Crippen LogP contribution is 2.28. The van der Waals surface area contributed by atoms with Crippen LogP contribution in [0.1, 0.15) is 39.0 Å². The molecule has 20 heavy (non-hydrogen) atoms. The Morgan fingerprint density at radius 3 is 2.70 bits per heavy atom. The first-order valence-corrected chi connectivity index (χ1v) is 7.22. The minimum Gasteiger partial charge on any atom is -0.352 e. The van der Waals surface area contributed by atoms with Crippen LogP contribution in [0.15, 0.2) is 0 Å². The largest absolute Gasteiger partial charge is 0.352 e. The smallest absolute Gasteiger partial charge is 0.312 e. The van der Waals surface area contributed by atoms with E-state index in [1.807, 2.05) is 11.8 Å². The van der Waals surface area contributed by atoms with E-state index in [0.29, 0.717) is 12.5 Å². The normalized spacial score (nSPS) is 26.4. The molecule has 0 radical (unpaired) electrons. The van der Waals surface area contributed by atoms with Crippen molar-refractivity contribution in [2.45, 2.75) is 57.2 Å². The molecule has 2 saturated heterocycles. The Hall–Kier alpha value is -1.01. The molecule has 0 aromatic carbocycles. The van der Waals surface area contributed by atoms with E-state index in [2.05, 4.69) is 10.6 Å². The summed E-state index contributed by atoms with van der Waals surface area (Å²) in [4.78, 5) is 25.7. The minimum absolute atomic E-state index is 0. The topological polar surface area (TPSA) is 87.5 Å². The maximum atomic E-state index is 12.7. The van der Waals surface area contributed by atoms with Gasteiger partial charge in [0.25, 0.3) is 0 Å². The van der Waals surface area contributed by atoms with Gasteiger partial charge in [0.2, 0.25) is 5.91 Å². The van der Waals surface area contributed by atoms with Gasteiger partial charge in [0.05, 0.1) is 0 Å². The van der Waals surface area contributed by atoms with Gasteiger partial charge in [-0.05, 0) is 32.2 Å². The second-order valence-electron chi connectivity index (χ2n) is 5.47. The summed E-state index contributed by atoms with van der Waals surface area (Å²) in [7, 11) is 0. The number of amides is 3. The molecule has 2 rings (SSSR count). The molecule has 2 unspecified atom stereocenters. The zero-order valence-corrected chi connectivity index (χ0v) is 12.7. The number of carbonyl (C=O) groups is 2. The summed E-state index contributed by atoms with van der Waals surface area (Å²) in [6.45, 7) is 3.83. The van der Waals surface area contributed by atoms with E-state index < -0.39 is 12.1 Å². The molecule has 2 aliphatic rings. The Kier molecular flexibility index (Phi) is 6.55. The lowest BCUT2D eigenvalue weighted by Gasteiger charge is -2.31. The first kappa shape index (κ1) is 17.0. The van der Waals surface area contributed by atoms with Gasteiger partial charge in [-0.3, -0.25) is 4.79 Å². The van der Waals surface area contributed by atoms with E-state index in [9.17, 15) is 9.59 Å². The third-order valence-corrected chi connectivity index (χ3v) is 4.10. The lowest BCUT2D eigenvalue weighted by Crippen LogP contribution is -2.53. The van der Waals surface area contributed by atoms with Crippen molar-refractivity contribution in [3.05, 3.63) is 0 Å². The van der Waals surface area contributed by atoms with Crippen molar-refractivity contribution in [1.29, 1.82) is 0 Å². The van der Waals surface area contributed by atoms with Gasteiger partial charge in [0, 0.05) is 18.6 Å². The summed E-state index contributed by atoms with van der Waals surface area (Å²) in [6, 6.07) is -0.494. The molecule has 0 aromatic heterocycles. The van der Waals surface area contributed by atoms with E-state index in [-0.39, 0.29) is 24.4 Å². The SMILES string of the molecule is CCC[C@@H](NC(N)=O)C(=O)N1C2CCNCC1CC2.Cl. The Morgan fingerprint density at radius 1 is 1.35 bits per heavy atom. The average Bonchev–Trinajstić information content (AvgIpc) is 2.61. The molecule has 2 aliphatic heterocycles. The minimum atomic E-state index is -0.618. The first-order chi connectivity index (χ1) is 9.13. The fraction of sp³-hybridized carbons (Fsp3) is 0.846. The zero-order valence-electron chi connectivity index (χ0n) is 11.9. The fourth-order valence-corrected chi connectivity index (χ4v) is 3.24. The van der Waals surface area contributed by atoms with Crippen LogP contribution < -0.4 is 16.4 Å². The molecule has 3 amide bonds. The second-order valence-corrected chi connectivity index (χ2v) is 5.47. The molecular formula is C13H25ClN4O2. The number of hydrogen-bond acceptors (Lipinski definition) is 3. The van der Waals surface area contributed by atoms with Crippen molar-refractivity contribution in [1.82, 2.24) is 15.5 Å². The van der Waals surface area contributed by atoms with Crippen molar-refractivity contribution in [2.75, 3.05) is 13.1 Å². The molecule has 0 aliphatic carbocycles. The van der Waals surface area contributed by atoms with Crippen LogP contribution >= 0.6 is 12.4 Å². The highest BCUT2D eigenvalue weighted by molar-refractivity contribution is 5.87. The molecule has 116 valence electrons. The van der Waals surface area contributed by atoms with Crippen LogP contribution in [0.3, 0.4) is 0 Å². The van der Waals surface area contributed by atoms with Gasteiger partial charge in [0.15, 0.2) is 0 Å². The number of nitrogens with one attached hydrogen (secondary N) is 2. The van der Waals surface area contributed by atoms with Gasteiger partial charge in [-0.1, -0.05) is 13.3 Å². The van der Waals surface area contributed by atoms with E-state index in [1.54, 1.807) is 0 Å². The molecule has 6 nitrogen and oxygen atoms in total. The Balaban J connectivity index is 0.00000200.